The van der Waals surface area contributed by atoms with Crippen molar-refractivity contribution in [3.63, 3.8) is 0 Å². The average molecular weight is 316 g/mol. The first-order chi connectivity index (χ1) is 9.51. The van der Waals surface area contributed by atoms with Crippen molar-refractivity contribution in [3.8, 4) is 0 Å². The quantitative estimate of drug-likeness (QED) is 0.801. The molecule has 1 N–H and O–H groups in total. The maximum absolute atomic E-state index is 13.4. The van der Waals surface area contributed by atoms with Gasteiger partial charge in [-0.15, -0.1) is 0 Å². The van der Waals surface area contributed by atoms with Crippen LogP contribution in [0.2, 0.25) is 10.0 Å². The van der Waals surface area contributed by atoms with Gasteiger partial charge in [0.25, 0.3) is 0 Å². The summed E-state index contributed by atoms with van der Waals surface area (Å²) in [7, 11) is 1.75. The summed E-state index contributed by atoms with van der Waals surface area (Å²) in [5.41, 5.74) is 1.55. The third-order valence-electron chi connectivity index (χ3n) is 3.12. The van der Waals surface area contributed by atoms with Crippen LogP contribution in [-0.2, 0) is 6.42 Å². The van der Waals surface area contributed by atoms with Gasteiger partial charge in [0.05, 0.1) is 0 Å². The van der Waals surface area contributed by atoms with Gasteiger partial charge in [-0.05, 0) is 48.9 Å². The molecular formula is C15H13Cl2F2N. The molecule has 2 aromatic carbocycles. The molecule has 0 radical (unpaired) electrons. The molecule has 2 aromatic rings. The van der Waals surface area contributed by atoms with Gasteiger partial charge >= 0.3 is 0 Å². The van der Waals surface area contributed by atoms with Gasteiger partial charge < -0.3 is 5.32 Å². The molecule has 0 bridgehead atoms. The molecule has 0 aliphatic rings. The van der Waals surface area contributed by atoms with Crippen LogP contribution in [0.5, 0.6) is 0 Å². The minimum atomic E-state index is -0.944. The van der Waals surface area contributed by atoms with E-state index in [1.807, 2.05) is 12.1 Å². The first-order valence-electron chi connectivity index (χ1n) is 6.07. The topological polar surface area (TPSA) is 12.0 Å². The number of rotatable bonds is 4. The Morgan fingerprint density at radius 1 is 1.05 bits per heavy atom. The molecule has 0 aliphatic carbocycles. The van der Waals surface area contributed by atoms with Gasteiger partial charge in [-0.25, -0.2) is 8.78 Å². The van der Waals surface area contributed by atoms with Gasteiger partial charge in [0, 0.05) is 16.1 Å². The van der Waals surface area contributed by atoms with Crippen LogP contribution in [0, 0.1) is 11.6 Å². The molecule has 2 rings (SSSR count). The van der Waals surface area contributed by atoms with E-state index in [2.05, 4.69) is 5.32 Å². The summed E-state index contributed by atoms with van der Waals surface area (Å²) in [5, 5.41) is 3.92. The second-order valence-electron chi connectivity index (χ2n) is 4.46. The van der Waals surface area contributed by atoms with Gasteiger partial charge in [0.1, 0.15) is 0 Å². The summed E-state index contributed by atoms with van der Waals surface area (Å²) in [6, 6.07) is 9.28. The highest BCUT2D eigenvalue weighted by atomic mass is 35.5. The summed E-state index contributed by atoms with van der Waals surface area (Å²) < 4.78 is 26.5. The molecule has 0 aromatic heterocycles. The highest BCUT2D eigenvalue weighted by Crippen LogP contribution is 2.28. The summed E-state index contributed by atoms with van der Waals surface area (Å²) in [5.74, 6) is -1.85. The van der Waals surface area contributed by atoms with Crippen LogP contribution in [0.4, 0.5) is 8.78 Å². The van der Waals surface area contributed by atoms with Crippen molar-refractivity contribution in [2.45, 2.75) is 12.5 Å². The Kier molecular flexibility index (Phi) is 4.97. The number of hydrogen-bond donors (Lipinski definition) is 1. The zero-order chi connectivity index (χ0) is 14.7. The van der Waals surface area contributed by atoms with Crippen LogP contribution in [0.3, 0.4) is 0 Å². The van der Waals surface area contributed by atoms with Crippen molar-refractivity contribution in [3.05, 3.63) is 69.2 Å². The first-order valence-corrected chi connectivity index (χ1v) is 6.83. The molecule has 0 amide bonds. The Morgan fingerprint density at radius 3 is 2.25 bits per heavy atom. The maximum atomic E-state index is 13.4. The predicted octanol–water partition coefficient (Wildman–Crippen LogP) is 4.77. The Labute approximate surface area is 126 Å². The van der Waals surface area contributed by atoms with Gasteiger partial charge in [-0.3, -0.25) is 0 Å². The van der Waals surface area contributed by atoms with Crippen LogP contribution < -0.4 is 5.32 Å². The summed E-state index contributed by atoms with van der Waals surface area (Å²) in [6.07, 6.45) is 0.596. The Hall–Kier alpha value is -1.16. The molecule has 0 heterocycles. The number of nitrogens with one attached hydrogen (secondary N) is 1. The third kappa shape index (κ3) is 3.48. The Bertz CT molecular complexity index is 600. The smallest absolute Gasteiger partial charge is 0.160 e. The van der Waals surface area contributed by atoms with E-state index in [1.165, 1.54) is 0 Å². The molecule has 0 aliphatic heterocycles. The first kappa shape index (κ1) is 15.2. The summed E-state index contributed by atoms with van der Waals surface area (Å²) in [4.78, 5) is 0. The molecule has 1 atom stereocenters. The molecule has 1 unspecified atom stereocenters. The van der Waals surface area contributed by atoms with Crippen LogP contribution in [0.1, 0.15) is 17.2 Å². The van der Waals surface area contributed by atoms with Gasteiger partial charge in [0.2, 0.25) is 0 Å². The van der Waals surface area contributed by atoms with Crippen LogP contribution in [0.15, 0.2) is 36.4 Å². The maximum Gasteiger partial charge on any atom is 0.160 e. The van der Waals surface area contributed by atoms with Crippen LogP contribution >= 0.6 is 23.2 Å². The van der Waals surface area contributed by atoms with Crippen molar-refractivity contribution < 1.29 is 8.78 Å². The molecular weight excluding hydrogens is 303 g/mol. The lowest BCUT2D eigenvalue weighted by molar-refractivity contribution is 0.501. The van der Waals surface area contributed by atoms with Crippen molar-refractivity contribution in [1.82, 2.24) is 5.32 Å². The largest absolute Gasteiger partial charge is 0.313 e. The SMILES string of the molecule is CNC(Cc1ccc(Cl)cc1)c1cc(F)c(F)cc1Cl. The highest BCUT2D eigenvalue weighted by Gasteiger charge is 2.17. The zero-order valence-electron chi connectivity index (χ0n) is 10.8. The standard InChI is InChI=1S/C15H13Cl2F2N/c1-20-15(6-9-2-4-10(16)5-3-9)11-7-13(18)14(19)8-12(11)17/h2-5,7-8,15,20H,6H2,1H3. The summed E-state index contributed by atoms with van der Waals surface area (Å²) in [6.45, 7) is 0. The fourth-order valence-electron chi connectivity index (χ4n) is 2.03. The second kappa shape index (κ2) is 6.53. The predicted molar refractivity (Wildman–Crippen MR) is 78.3 cm³/mol. The van der Waals surface area contributed by atoms with E-state index >= 15 is 0 Å². The van der Waals surface area contributed by atoms with E-state index in [1.54, 1.807) is 19.2 Å². The number of likely N-dealkylation sites (N-methyl/N-ethyl adjacent to an activating group) is 1. The third-order valence-corrected chi connectivity index (χ3v) is 3.70. The van der Waals surface area contributed by atoms with Gasteiger partial charge in [-0.1, -0.05) is 35.3 Å². The fourth-order valence-corrected chi connectivity index (χ4v) is 2.44. The molecule has 20 heavy (non-hydrogen) atoms. The molecule has 0 saturated carbocycles. The zero-order valence-corrected chi connectivity index (χ0v) is 12.3. The number of halogens is 4. The highest BCUT2D eigenvalue weighted by molar-refractivity contribution is 6.31. The molecule has 0 fully saturated rings. The molecule has 0 spiro atoms. The Balaban J connectivity index is 2.28. The molecule has 106 valence electrons. The molecule has 5 heteroatoms. The normalized spacial score (nSPS) is 12.4. The van der Waals surface area contributed by atoms with Crippen LogP contribution in [0.25, 0.3) is 0 Å². The van der Waals surface area contributed by atoms with Crippen molar-refractivity contribution >= 4 is 23.2 Å². The van der Waals surface area contributed by atoms with Crippen molar-refractivity contribution in [2.75, 3.05) is 7.05 Å². The van der Waals surface area contributed by atoms with E-state index in [0.717, 1.165) is 17.7 Å². The second-order valence-corrected chi connectivity index (χ2v) is 5.30. The lowest BCUT2D eigenvalue weighted by Gasteiger charge is -2.18. The minimum Gasteiger partial charge on any atom is -0.313 e. The lowest BCUT2D eigenvalue weighted by Crippen LogP contribution is -2.19. The van der Waals surface area contributed by atoms with E-state index in [9.17, 15) is 8.78 Å². The van der Waals surface area contributed by atoms with E-state index in [4.69, 9.17) is 23.2 Å². The van der Waals surface area contributed by atoms with E-state index < -0.39 is 11.6 Å². The fraction of sp³-hybridized carbons (Fsp3) is 0.200. The van der Waals surface area contributed by atoms with E-state index in [0.29, 0.717) is 17.0 Å². The Morgan fingerprint density at radius 2 is 1.65 bits per heavy atom. The van der Waals surface area contributed by atoms with Gasteiger partial charge in [-0.2, -0.15) is 0 Å². The van der Waals surface area contributed by atoms with Gasteiger partial charge in [0.15, 0.2) is 11.6 Å². The lowest BCUT2D eigenvalue weighted by atomic mass is 9.98. The monoisotopic (exact) mass is 315 g/mol. The van der Waals surface area contributed by atoms with Crippen molar-refractivity contribution in [1.29, 1.82) is 0 Å². The average Bonchev–Trinajstić information content (AvgIpc) is 2.43. The molecule has 0 saturated heterocycles. The molecule has 1 nitrogen and oxygen atoms in total. The van der Waals surface area contributed by atoms with Crippen molar-refractivity contribution in [2.24, 2.45) is 0 Å². The summed E-state index contributed by atoms with van der Waals surface area (Å²) >= 11 is 11.8. The number of benzene rings is 2. The van der Waals surface area contributed by atoms with E-state index in [-0.39, 0.29) is 11.1 Å². The minimum absolute atomic E-state index is 0.206. The number of hydrogen-bond acceptors (Lipinski definition) is 1. The van der Waals surface area contributed by atoms with Crippen LogP contribution in [-0.4, -0.2) is 7.05 Å².